The number of fused-ring (bicyclic) bond motifs is 1. The number of para-hydroxylation sites is 2. The van der Waals surface area contributed by atoms with E-state index in [1.165, 1.54) is 18.3 Å². The van der Waals surface area contributed by atoms with Crippen molar-refractivity contribution in [2.45, 2.75) is 19.6 Å². The highest BCUT2D eigenvalue weighted by Gasteiger charge is 2.25. The van der Waals surface area contributed by atoms with Crippen LogP contribution in [0.2, 0.25) is 0 Å². The molecule has 0 fully saturated rings. The Kier molecular flexibility index (Phi) is 4.87. The number of nitrogens with zero attached hydrogens (tertiary/aromatic N) is 3. The Labute approximate surface area is 163 Å². The number of alkyl halides is 2. The molecule has 2 aromatic heterocycles. The monoisotopic (exact) mass is 399 g/mol. The molecule has 0 saturated heterocycles. The normalized spacial score (nSPS) is 12.4. The standard InChI is InChI=1S/C20H15F2N3O2S/c1-12(17-23-14-9-5-6-10-16(14)25(17)20(21)22)27-19(26)15-11-28-18(24-15)13-7-3-2-4-8-13/h2-12,20H,1H3. The second-order valence-electron chi connectivity index (χ2n) is 6.06. The fourth-order valence-electron chi connectivity index (χ4n) is 2.91. The molecule has 0 aliphatic rings. The predicted octanol–water partition coefficient (Wildman–Crippen LogP) is 5.47. The van der Waals surface area contributed by atoms with Gasteiger partial charge < -0.3 is 4.74 Å². The van der Waals surface area contributed by atoms with E-state index in [9.17, 15) is 13.6 Å². The maximum Gasteiger partial charge on any atom is 0.358 e. The molecule has 28 heavy (non-hydrogen) atoms. The van der Waals surface area contributed by atoms with Gasteiger partial charge in [0.05, 0.1) is 11.0 Å². The van der Waals surface area contributed by atoms with Crippen LogP contribution < -0.4 is 0 Å². The minimum absolute atomic E-state index is 0.0111. The molecule has 2 aromatic carbocycles. The predicted molar refractivity (Wildman–Crippen MR) is 102 cm³/mol. The Hall–Kier alpha value is -3.13. The SMILES string of the molecule is CC(OC(=O)c1csc(-c2ccccc2)n1)c1nc2ccccc2n1C(F)F. The molecular formula is C20H15F2N3O2S. The molecule has 0 spiro atoms. The summed E-state index contributed by atoms with van der Waals surface area (Å²) in [4.78, 5) is 21.0. The Morgan fingerprint density at radius 1 is 1.07 bits per heavy atom. The van der Waals surface area contributed by atoms with Crippen molar-refractivity contribution in [1.82, 2.24) is 14.5 Å². The van der Waals surface area contributed by atoms with Crippen molar-refractivity contribution in [3.8, 4) is 10.6 Å². The van der Waals surface area contributed by atoms with Gasteiger partial charge in [0, 0.05) is 10.9 Å². The van der Waals surface area contributed by atoms with Crippen LogP contribution in [0.3, 0.4) is 0 Å². The van der Waals surface area contributed by atoms with E-state index < -0.39 is 18.6 Å². The van der Waals surface area contributed by atoms with E-state index in [0.717, 1.165) is 10.1 Å². The van der Waals surface area contributed by atoms with Crippen molar-refractivity contribution in [3.05, 3.63) is 71.5 Å². The van der Waals surface area contributed by atoms with Gasteiger partial charge in [-0.15, -0.1) is 11.3 Å². The topological polar surface area (TPSA) is 57.0 Å². The fourth-order valence-corrected chi connectivity index (χ4v) is 3.70. The van der Waals surface area contributed by atoms with Crippen LogP contribution in [0, 0.1) is 0 Å². The van der Waals surface area contributed by atoms with Crippen LogP contribution >= 0.6 is 11.3 Å². The van der Waals surface area contributed by atoms with E-state index in [1.54, 1.807) is 29.6 Å². The molecule has 0 N–H and O–H groups in total. The van der Waals surface area contributed by atoms with E-state index in [0.29, 0.717) is 10.5 Å². The zero-order valence-electron chi connectivity index (χ0n) is 14.8. The molecule has 0 radical (unpaired) electrons. The first-order chi connectivity index (χ1) is 13.5. The number of thiazole rings is 1. The lowest BCUT2D eigenvalue weighted by molar-refractivity contribution is 0.0228. The zero-order valence-corrected chi connectivity index (χ0v) is 15.6. The average molecular weight is 399 g/mol. The molecule has 0 amide bonds. The van der Waals surface area contributed by atoms with Gasteiger partial charge in [-0.25, -0.2) is 14.8 Å². The van der Waals surface area contributed by atoms with Crippen LogP contribution in [0.15, 0.2) is 60.0 Å². The lowest BCUT2D eigenvalue weighted by Crippen LogP contribution is -2.15. The number of aromatic nitrogens is 3. The second kappa shape index (κ2) is 7.47. The van der Waals surface area contributed by atoms with Gasteiger partial charge in [0.1, 0.15) is 5.01 Å². The van der Waals surface area contributed by atoms with Gasteiger partial charge >= 0.3 is 12.5 Å². The smallest absolute Gasteiger partial charge is 0.358 e. The maximum atomic E-state index is 13.6. The van der Waals surface area contributed by atoms with Crippen LogP contribution in [0.25, 0.3) is 21.6 Å². The van der Waals surface area contributed by atoms with Crippen LogP contribution in [-0.4, -0.2) is 20.5 Å². The Balaban J connectivity index is 1.58. The largest absolute Gasteiger partial charge is 0.450 e. The number of esters is 1. The number of carbonyl (C=O) groups excluding carboxylic acids is 1. The summed E-state index contributed by atoms with van der Waals surface area (Å²) in [5.41, 5.74) is 1.73. The zero-order chi connectivity index (χ0) is 19.7. The minimum atomic E-state index is -2.80. The summed E-state index contributed by atoms with van der Waals surface area (Å²) in [6, 6.07) is 16.0. The first-order valence-electron chi connectivity index (χ1n) is 8.51. The van der Waals surface area contributed by atoms with Crippen molar-refractivity contribution >= 4 is 28.3 Å². The molecule has 4 rings (SSSR count). The Morgan fingerprint density at radius 2 is 1.79 bits per heavy atom. The minimum Gasteiger partial charge on any atom is -0.450 e. The number of benzene rings is 2. The van der Waals surface area contributed by atoms with Gasteiger partial charge in [0.15, 0.2) is 17.6 Å². The lowest BCUT2D eigenvalue weighted by atomic mass is 10.2. The highest BCUT2D eigenvalue weighted by Crippen LogP contribution is 2.29. The summed E-state index contributed by atoms with van der Waals surface area (Å²) < 4.78 is 33.3. The van der Waals surface area contributed by atoms with E-state index in [-0.39, 0.29) is 17.0 Å². The number of carbonyl (C=O) groups is 1. The van der Waals surface area contributed by atoms with Crippen LogP contribution in [0.5, 0.6) is 0 Å². The van der Waals surface area contributed by atoms with Gasteiger partial charge in [-0.2, -0.15) is 8.78 Å². The molecule has 0 aliphatic heterocycles. The molecule has 2 heterocycles. The molecule has 142 valence electrons. The number of hydrogen-bond donors (Lipinski definition) is 0. The van der Waals surface area contributed by atoms with Gasteiger partial charge in [0.2, 0.25) is 0 Å². The number of ether oxygens (including phenoxy) is 1. The van der Waals surface area contributed by atoms with Gasteiger partial charge in [-0.3, -0.25) is 4.57 Å². The van der Waals surface area contributed by atoms with Gasteiger partial charge in [0.25, 0.3) is 0 Å². The molecule has 0 saturated carbocycles. The van der Waals surface area contributed by atoms with Crippen molar-refractivity contribution in [1.29, 1.82) is 0 Å². The third kappa shape index (κ3) is 3.38. The number of rotatable bonds is 5. The summed E-state index contributed by atoms with van der Waals surface area (Å²) in [6.07, 6.45) is -0.962. The maximum absolute atomic E-state index is 13.6. The van der Waals surface area contributed by atoms with Gasteiger partial charge in [-0.1, -0.05) is 42.5 Å². The van der Waals surface area contributed by atoms with Crippen molar-refractivity contribution < 1.29 is 18.3 Å². The number of imidazole rings is 1. The highest BCUT2D eigenvalue weighted by atomic mass is 32.1. The fraction of sp³-hybridized carbons (Fsp3) is 0.150. The van der Waals surface area contributed by atoms with E-state index >= 15 is 0 Å². The third-order valence-corrected chi connectivity index (χ3v) is 5.09. The summed E-state index contributed by atoms with van der Waals surface area (Å²) in [5, 5.41) is 2.27. The number of halogens is 2. The number of hydrogen-bond acceptors (Lipinski definition) is 5. The molecule has 8 heteroatoms. The van der Waals surface area contributed by atoms with Crippen molar-refractivity contribution in [2.75, 3.05) is 0 Å². The van der Waals surface area contributed by atoms with E-state index in [1.807, 2.05) is 30.3 Å². The van der Waals surface area contributed by atoms with Crippen LogP contribution in [-0.2, 0) is 4.74 Å². The molecule has 0 aliphatic carbocycles. The second-order valence-corrected chi connectivity index (χ2v) is 6.92. The molecule has 5 nitrogen and oxygen atoms in total. The van der Waals surface area contributed by atoms with Crippen LogP contribution in [0.4, 0.5) is 8.78 Å². The Bertz CT molecular complexity index is 1120. The third-order valence-electron chi connectivity index (χ3n) is 4.20. The molecule has 0 bridgehead atoms. The molecular weight excluding hydrogens is 384 g/mol. The van der Waals surface area contributed by atoms with Crippen molar-refractivity contribution in [3.63, 3.8) is 0 Å². The summed E-state index contributed by atoms with van der Waals surface area (Å²) >= 11 is 1.31. The molecule has 1 atom stereocenters. The summed E-state index contributed by atoms with van der Waals surface area (Å²) in [7, 11) is 0. The average Bonchev–Trinajstić information content (AvgIpc) is 3.34. The molecule has 4 aromatic rings. The molecule has 1 unspecified atom stereocenters. The van der Waals surface area contributed by atoms with Crippen LogP contribution in [0.1, 0.15) is 35.9 Å². The van der Waals surface area contributed by atoms with E-state index in [4.69, 9.17) is 4.74 Å². The Morgan fingerprint density at radius 3 is 2.54 bits per heavy atom. The summed E-state index contributed by atoms with van der Waals surface area (Å²) in [6.45, 7) is -1.28. The lowest BCUT2D eigenvalue weighted by Gasteiger charge is -2.14. The first kappa shape index (κ1) is 18.2. The highest BCUT2D eigenvalue weighted by molar-refractivity contribution is 7.13. The van der Waals surface area contributed by atoms with E-state index in [2.05, 4.69) is 9.97 Å². The van der Waals surface area contributed by atoms with Crippen molar-refractivity contribution in [2.24, 2.45) is 0 Å². The quantitative estimate of drug-likeness (QED) is 0.418. The summed E-state index contributed by atoms with van der Waals surface area (Å²) in [5.74, 6) is -0.693. The van der Waals surface area contributed by atoms with Gasteiger partial charge in [-0.05, 0) is 19.1 Å². The first-order valence-corrected chi connectivity index (χ1v) is 9.39.